The van der Waals surface area contributed by atoms with Gasteiger partial charge in [0, 0.05) is 35.9 Å². The third-order valence-electron chi connectivity index (χ3n) is 12.1. The van der Waals surface area contributed by atoms with E-state index < -0.39 is 19.8 Å². The van der Waals surface area contributed by atoms with E-state index in [0.29, 0.717) is 23.5 Å². The first-order valence-electron chi connectivity index (χ1n) is 19.7. The molecule has 1 N–H and O–H groups in total. The van der Waals surface area contributed by atoms with E-state index in [9.17, 15) is 14.7 Å². The number of aliphatic hydroxyl groups is 1. The number of para-hydroxylation sites is 1. The Morgan fingerprint density at radius 2 is 1.47 bits per heavy atom. The Labute approximate surface area is 341 Å². The molecule has 7 rings (SSSR count). The van der Waals surface area contributed by atoms with Crippen molar-refractivity contribution in [1.82, 2.24) is 4.90 Å². The van der Waals surface area contributed by atoms with Crippen LogP contribution in [0, 0.1) is 5.92 Å². The molecule has 2 aliphatic heterocycles. The highest BCUT2D eigenvalue weighted by molar-refractivity contribution is 6.91. The van der Waals surface area contributed by atoms with E-state index in [-0.39, 0.29) is 49.4 Å². The fourth-order valence-electron chi connectivity index (χ4n) is 9.10. The van der Waals surface area contributed by atoms with Crippen LogP contribution in [0.3, 0.4) is 0 Å². The van der Waals surface area contributed by atoms with Gasteiger partial charge in [-0.1, -0.05) is 98.0 Å². The Kier molecular flexibility index (Phi) is 11.9. The molecule has 0 aliphatic carbocycles. The summed E-state index contributed by atoms with van der Waals surface area (Å²) in [7, 11) is 0.700. The molecule has 10 nitrogen and oxygen atoms in total. The summed E-state index contributed by atoms with van der Waals surface area (Å²) >= 11 is 0. The molecule has 58 heavy (non-hydrogen) atoms. The Bertz CT molecular complexity index is 2220. The second-order valence-electron chi connectivity index (χ2n) is 15.6. The van der Waals surface area contributed by atoms with E-state index in [1.165, 1.54) is 0 Å². The first-order chi connectivity index (χ1) is 28.0. The van der Waals surface area contributed by atoms with Gasteiger partial charge in [0.25, 0.3) is 5.91 Å². The molecule has 5 aromatic carbocycles. The van der Waals surface area contributed by atoms with Crippen LogP contribution in [0.5, 0.6) is 11.5 Å². The maximum absolute atomic E-state index is 15.4. The number of ether oxygens (including phenoxy) is 3. The number of amides is 3. The number of nitrogens with zero attached hydrogens (tertiary/aromatic N) is 3. The topological polar surface area (TPSA) is 109 Å². The summed E-state index contributed by atoms with van der Waals surface area (Å²) in [6.45, 7) is 7.27. The monoisotopic (exact) mass is 797 g/mol. The average molecular weight is 798 g/mol. The van der Waals surface area contributed by atoms with Gasteiger partial charge in [0.2, 0.25) is 12.3 Å². The number of carbonyl (C=O) groups excluding carboxylic acids is 3. The van der Waals surface area contributed by atoms with Crippen molar-refractivity contribution in [2.24, 2.45) is 5.92 Å². The summed E-state index contributed by atoms with van der Waals surface area (Å²) < 4.78 is 18.5. The van der Waals surface area contributed by atoms with Crippen LogP contribution in [0.2, 0.25) is 18.6 Å². The molecule has 5 aromatic rings. The summed E-state index contributed by atoms with van der Waals surface area (Å²) in [5, 5.41) is 11.2. The lowest BCUT2D eigenvalue weighted by Gasteiger charge is -2.37. The molecule has 0 bridgehead atoms. The van der Waals surface area contributed by atoms with Gasteiger partial charge < -0.3 is 29.1 Å². The number of aliphatic hydroxyl groups excluding tert-OH is 1. The summed E-state index contributed by atoms with van der Waals surface area (Å²) in [6, 6.07) is 40.6. The molecule has 0 unspecified atom stereocenters. The maximum Gasteiger partial charge on any atom is 0.264 e. The first-order valence-corrected chi connectivity index (χ1v) is 22.8. The van der Waals surface area contributed by atoms with Crippen LogP contribution < -0.4 is 24.5 Å². The molecule has 1 saturated heterocycles. The van der Waals surface area contributed by atoms with E-state index in [4.69, 9.17) is 14.2 Å². The highest BCUT2D eigenvalue weighted by atomic mass is 28.3. The van der Waals surface area contributed by atoms with Crippen molar-refractivity contribution in [2.45, 2.75) is 56.8 Å². The lowest BCUT2D eigenvalue weighted by atomic mass is 9.82. The second-order valence-corrected chi connectivity index (χ2v) is 20.3. The lowest BCUT2D eigenvalue weighted by molar-refractivity contribution is -0.150. The van der Waals surface area contributed by atoms with Crippen LogP contribution >= 0.6 is 0 Å². The van der Waals surface area contributed by atoms with Crippen LogP contribution in [0.1, 0.15) is 30.0 Å². The van der Waals surface area contributed by atoms with Crippen LogP contribution in [0.25, 0.3) is 0 Å². The first kappa shape index (κ1) is 40.4. The molecule has 1 fully saturated rings. The van der Waals surface area contributed by atoms with Crippen molar-refractivity contribution < 1.29 is 33.7 Å². The highest BCUT2D eigenvalue weighted by Gasteiger charge is 2.66. The van der Waals surface area contributed by atoms with Gasteiger partial charge in [0.05, 0.1) is 53.7 Å². The fourth-order valence-corrected chi connectivity index (χ4v) is 13.1. The predicted molar refractivity (Wildman–Crippen MR) is 228 cm³/mol. The Morgan fingerprint density at radius 3 is 2.09 bits per heavy atom. The molecule has 300 valence electrons. The van der Waals surface area contributed by atoms with Crippen molar-refractivity contribution >= 4 is 48.5 Å². The van der Waals surface area contributed by atoms with E-state index in [2.05, 4.69) is 32.2 Å². The van der Waals surface area contributed by atoms with Gasteiger partial charge >= 0.3 is 0 Å². The number of hydrogen-bond donors (Lipinski definition) is 1. The SMILES string of the molecule is COc1ccc([Si](C)(C)[C@@H]2[C@@H](CC(=O)N(CCO)Cc3ccccc3)O[C@]3(C(=O)N(Cc4ccc(N(C=O)c5ccccc5)cc4)c4ccc(OC)cc43)[C@H]2C)cc1. The van der Waals surface area contributed by atoms with Crippen molar-refractivity contribution in [2.75, 3.05) is 37.2 Å². The zero-order chi connectivity index (χ0) is 41.0. The molecule has 3 amide bonds. The van der Waals surface area contributed by atoms with Gasteiger partial charge in [0.1, 0.15) is 11.5 Å². The van der Waals surface area contributed by atoms with Gasteiger partial charge in [-0.2, -0.15) is 0 Å². The average Bonchev–Trinajstić information content (AvgIpc) is 3.67. The van der Waals surface area contributed by atoms with Crippen molar-refractivity contribution in [1.29, 1.82) is 0 Å². The number of hydrogen-bond acceptors (Lipinski definition) is 7. The molecule has 4 atom stereocenters. The molecular formula is C47H51N3O7Si. The molecule has 2 heterocycles. The standard InChI is InChI=1S/C47H51N3O7Si/c1-33-45(58(4,5)40-23-20-38(55-2)21-24-40)43(29-44(53)48(26-27-51)30-34-12-8-6-9-13-34)57-47(33)41-28-39(56-3)22-25-42(41)49(46(47)54)31-35-16-18-37(19-17-35)50(32-52)36-14-10-7-11-15-36/h6-25,28,32-33,43,45,51H,26-27,29-31H2,1-5H3/t33-,43+,45-,47+/m0/s1. The zero-order valence-corrected chi connectivity index (χ0v) is 34.7. The Morgan fingerprint density at radius 1 is 0.845 bits per heavy atom. The highest BCUT2D eigenvalue weighted by Crippen LogP contribution is 2.60. The molecular weight excluding hydrogens is 747 g/mol. The molecule has 0 aromatic heterocycles. The number of benzene rings is 5. The summed E-state index contributed by atoms with van der Waals surface area (Å²) in [5.41, 5.74) is 3.15. The second kappa shape index (κ2) is 17.0. The molecule has 2 aliphatic rings. The van der Waals surface area contributed by atoms with E-state index >= 15 is 4.79 Å². The van der Waals surface area contributed by atoms with Gasteiger partial charge in [-0.05, 0) is 71.3 Å². The number of carbonyl (C=O) groups is 3. The Balaban J connectivity index is 1.27. The quantitative estimate of drug-likeness (QED) is 0.0884. The van der Waals surface area contributed by atoms with Crippen LogP contribution in [-0.2, 0) is 37.8 Å². The minimum atomic E-state index is -2.55. The molecule has 0 radical (unpaired) electrons. The molecule has 0 saturated carbocycles. The predicted octanol–water partition coefficient (Wildman–Crippen LogP) is 7.17. The van der Waals surface area contributed by atoms with E-state index in [1.807, 2.05) is 115 Å². The smallest absolute Gasteiger partial charge is 0.264 e. The minimum absolute atomic E-state index is 0.0405. The van der Waals surface area contributed by atoms with Crippen molar-refractivity contribution in [3.8, 4) is 11.5 Å². The van der Waals surface area contributed by atoms with Crippen molar-refractivity contribution in [3.05, 3.63) is 144 Å². The maximum atomic E-state index is 15.4. The van der Waals surface area contributed by atoms with Gasteiger partial charge in [-0.15, -0.1) is 0 Å². The largest absolute Gasteiger partial charge is 0.497 e. The van der Waals surface area contributed by atoms with Crippen LogP contribution in [0.15, 0.2) is 127 Å². The lowest BCUT2D eigenvalue weighted by Crippen LogP contribution is -2.52. The number of fused-ring (bicyclic) bond motifs is 2. The third kappa shape index (κ3) is 7.53. The fraction of sp³-hybridized carbons (Fsp3) is 0.298. The summed E-state index contributed by atoms with van der Waals surface area (Å²) in [6.07, 6.45) is 0.219. The van der Waals surface area contributed by atoms with Gasteiger partial charge in [0.15, 0.2) is 5.60 Å². The Hall–Kier alpha value is -5.75. The molecule has 1 spiro atoms. The van der Waals surface area contributed by atoms with Gasteiger partial charge in [-0.25, -0.2) is 0 Å². The summed E-state index contributed by atoms with van der Waals surface area (Å²) in [5.74, 6) is 0.671. The zero-order valence-electron chi connectivity index (χ0n) is 33.7. The number of methoxy groups -OCH3 is 2. The van der Waals surface area contributed by atoms with E-state index in [1.54, 1.807) is 28.9 Å². The summed E-state index contributed by atoms with van der Waals surface area (Å²) in [4.78, 5) is 47.0. The van der Waals surface area contributed by atoms with Crippen LogP contribution in [0.4, 0.5) is 17.1 Å². The number of anilines is 3. The minimum Gasteiger partial charge on any atom is -0.497 e. The van der Waals surface area contributed by atoms with Gasteiger partial charge in [-0.3, -0.25) is 19.3 Å². The van der Waals surface area contributed by atoms with Crippen LogP contribution in [-0.4, -0.2) is 69.8 Å². The van der Waals surface area contributed by atoms with Crippen molar-refractivity contribution in [3.63, 3.8) is 0 Å². The normalized spacial score (nSPS) is 19.9. The van der Waals surface area contributed by atoms with E-state index in [0.717, 1.165) is 39.8 Å². The number of rotatable bonds is 15. The molecule has 11 heteroatoms. The third-order valence-corrected chi connectivity index (χ3v) is 16.4.